The fourth-order valence-electron chi connectivity index (χ4n) is 3.22. The van der Waals surface area contributed by atoms with E-state index >= 15 is 0 Å². The zero-order valence-electron chi connectivity index (χ0n) is 14.4. The number of methoxy groups -OCH3 is 1. The molecule has 3 rings (SSSR count). The van der Waals surface area contributed by atoms with Crippen molar-refractivity contribution in [3.05, 3.63) is 61.4 Å². The summed E-state index contributed by atoms with van der Waals surface area (Å²) >= 11 is 6.11. The molecule has 8 heteroatoms. The molecule has 1 aliphatic heterocycles. The van der Waals surface area contributed by atoms with E-state index in [-0.39, 0.29) is 11.8 Å². The highest BCUT2D eigenvalue weighted by Gasteiger charge is 2.27. The molecular formula is C18H20ClN3O4. The normalized spacial score (nSPS) is 16.7. The number of benzene rings is 1. The van der Waals surface area contributed by atoms with E-state index in [1.54, 1.807) is 24.1 Å². The third-order valence-corrected chi connectivity index (χ3v) is 4.90. The summed E-state index contributed by atoms with van der Waals surface area (Å²) in [7, 11) is 1.56. The SMILES string of the molecule is COc1ccc(CCC(=O)N2CCC(c3cc(=O)[nH]c(=O)[nH]3)C2)cc1Cl. The smallest absolute Gasteiger partial charge is 0.325 e. The van der Waals surface area contributed by atoms with Gasteiger partial charge in [-0.1, -0.05) is 17.7 Å². The quantitative estimate of drug-likeness (QED) is 0.828. The maximum absolute atomic E-state index is 12.5. The molecule has 7 nitrogen and oxygen atoms in total. The van der Waals surface area contributed by atoms with Crippen molar-refractivity contribution in [3.8, 4) is 5.75 Å². The third-order valence-electron chi connectivity index (χ3n) is 4.61. The number of nitrogens with one attached hydrogen (secondary N) is 2. The molecule has 0 spiro atoms. The van der Waals surface area contributed by atoms with Crippen LogP contribution in [0.3, 0.4) is 0 Å². The summed E-state index contributed by atoms with van der Waals surface area (Å²) in [6.07, 6.45) is 1.69. The monoisotopic (exact) mass is 377 g/mol. The number of carbonyl (C=O) groups is 1. The van der Waals surface area contributed by atoms with Gasteiger partial charge in [-0.15, -0.1) is 0 Å². The Morgan fingerprint density at radius 2 is 2.12 bits per heavy atom. The molecule has 2 heterocycles. The van der Waals surface area contributed by atoms with Crippen LogP contribution in [0.2, 0.25) is 5.02 Å². The Bertz CT molecular complexity index is 893. The van der Waals surface area contributed by atoms with Crippen molar-refractivity contribution < 1.29 is 9.53 Å². The van der Waals surface area contributed by atoms with Gasteiger partial charge < -0.3 is 14.6 Å². The van der Waals surface area contributed by atoms with Crippen LogP contribution < -0.4 is 16.0 Å². The van der Waals surface area contributed by atoms with Crippen LogP contribution >= 0.6 is 11.6 Å². The van der Waals surface area contributed by atoms with Crippen molar-refractivity contribution in [1.29, 1.82) is 0 Å². The van der Waals surface area contributed by atoms with Gasteiger partial charge in [0.1, 0.15) is 5.75 Å². The van der Waals surface area contributed by atoms with Gasteiger partial charge in [-0.2, -0.15) is 0 Å². The molecule has 1 saturated heterocycles. The molecule has 1 aromatic heterocycles. The Morgan fingerprint density at radius 3 is 2.81 bits per heavy atom. The number of H-pyrrole nitrogens is 2. The highest BCUT2D eigenvalue weighted by molar-refractivity contribution is 6.32. The summed E-state index contributed by atoms with van der Waals surface area (Å²) in [5.41, 5.74) is 0.605. The molecule has 0 radical (unpaired) electrons. The minimum absolute atomic E-state index is 0.0237. The van der Waals surface area contributed by atoms with Crippen LogP contribution in [-0.4, -0.2) is 41.0 Å². The number of halogens is 1. The second-order valence-electron chi connectivity index (χ2n) is 6.34. The average molecular weight is 378 g/mol. The highest BCUT2D eigenvalue weighted by Crippen LogP contribution is 2.27. The Morgan fingerprint density at radius 1 is 1.31 bits per heavy atom. The number of hydrogen-bond acceptors (Lipinski definition) is 4. The fraction of sp³-hybridized carbons (Fsp3) is 0.389. The van der Waals surface area contributed by atoms with Gasteiger partial charge in [0.2, 0.25) is 5.91 Å². The summed E-state index contributed by atoms with van der Waals surface area (Å²) < 4.78 is 5.12. The summed E-state index contributed by atoms with van der Waals surface area (Å²) in [6.45, 7) is 1.11. The van der Waals surface area contributed by atoms with E-state index in [0.29, 0.717) is 42.4 Å². The van der Waals surface area contributed by atoms with Crippen molar-refractivity contribution >= 4 is 17.5 Å². The molecule has 2 aromatic rings. The van der Waals surface area contributed by atoms with E-state index in [1.165, 1.54) is 6.07 Å². The van der Waals surface area contributed by atoms with Crippen molar-refractivity contribution in [1.82, 2.24) is 14.9 Å². The van der Waals surface area contributed by atoms with Crippen molar-refractivity contribution in [2.45, 2.75) is 25.2 Å². The van der Waals surface area contributed by atoms with E-state index in [9.17, 15) is 14.4 Å². The first-order chi connectivity index (χ1) is 12.5. The van der Waals surface area contributed by atoms with E-state index in [1.807, 2.05) is 6.07 Å². The zero-order chi connectivity index (χ0) is 18.7. The fourth-order valence-corrected chi connectivity index (χ4v) is 3.50. The van der Waals surface area contributed by atoms with Crippen LogP contribution in [-0.2, 0) is 11.2 Å². The Hall–Kier alpha value is -2.54. The minimum atomic E-state index is -0.520. The van der Waals surface area contributed by atoms with Gasteiger partial charge in [-0.25, -0.2) is 4.79 Å². The van der Waals surface area contributed by atoms with Gasteiger partial charge in [0.25, 0.3) is 5.56 Å². The molecule has 2 N–H and O–H groups in total. The molecule has 26 heavy (non-hydrogen) atoms. The topological polar surface area (TPSA) is 95.3 Å². The molecule has 0 aliphatic carbocycles. The molecule has 1 atom stereocenters. The lowest BCUT2D eigenvalue weighted by Gasteiger charge is -2.16. The van der Waals surface area contributed by atoms with Crippen LogP contribution in [0, 0.1) is 0 Å². The zero-order valence-corrected chi connectivity index (χ0v) is 15.1. The minimum Gasteiger partial charge on any atom is -0.495 e. The molecule has 0 saturated carbocycles. The first-order valence-corrected chi connectivity index (χ1v) is 8.78. The average Bonchev–Trinajstić information content (AvgIpc) is 3.09. The number of aryl methyl sites for hydroxylation is 1. The van der Waals surface area contributed by atoms with Crippen LogP contribution in [0.25, 0.3) is 0 Å². The number of carbonyl (C=O) groups excluding carboxylic acids is 1. The largest absolute Gasteiger partial charge is 0.495 e. The lowest BCUT2D eigenvalue weighted by molar-refractivity contribution is -0.130. The number of nitrogens with zero attached hydrogens (tertiary/aromatic N) is 1. The maximum atomic E-state index is 12.5. The van der Waals surface area contributed by atoms with Gasteiger partial charge in [-0.3, -0.25) is 14.6 Å². The summed E-state index contributed by atoms with van der Waals surface area (Å²) in [6, 6.07) is 6.88. The number of aromatic nitrogens is 2. The van der Waals surface area contributed by atoms with Gasteiger partial charge >= 0.3 is 5.69 Å². The number of ether oxygens (including phenoxy) is 1. The Balaban J connectivity index is 1.58. The number of amides is 1. The molecular weight excluding hydrogens is 358 g/mol. The van der Waals surface area contributed by atoms with Crippen LogP contribution in [0.15, 0.2) is 33.9 Å². The Kier molecular flexibility index (Phi) is 5.46. The molecule has 1 amide bonds. The summed E-state index contributed by atoms with van der Waals surface area (Å²) in [4.78, 5) is 41.9. The Labute approximate surface area is 155 Å². The van der Waals surface area contributed by atoms with E-state index in [0.717, 1.165) is 12.0 Å². The number of hydrogen-bond donors (Lipinski definition) is 2. The number of likely N-dealkylation sites (tertiary alicyclic amines) is 1. The second-order valence-corrected chi connectivity index (χ2v) is 6.74. The molecule has 1 aromatic carbocycles. The molecule has 138 valence electrons. The molecule has 1 fully saturated rings. The first-order valence-electron chi connectivity index (χ1n) is 8.40. The predicted octanol–water partition coefficient (Wildman–Crippen LogP) is 1.67. The van der Waals surface area contributed by atoms with Crippen molar-refractivity contribution in [2.75, 3.05) is 20.2 Å². The van der Waals surface area contributed by atoms with Gasteiger partial charge in [0.15, 0.2) is 0 Å². The first kappa shape index (κ1) is 18.3. The van der Waals surface area contributed by atoms with E-state index in [4.69, 9.17) is 16.3 Å². The lowest BCUT2D eigenvalue weighted by Crippen LogP contribution is -2.29. The number of rotatable bonds is 5. The van der Waals surface area contributed by atoms with Crippen LogP contribution in [0.4, 0.5) is 0 Å². The number of aromatic amines is 2. The van der Waals surface area contributed by atoms with Crippen molar-refractivity contribution in [2.24, 2.45) is 0 Å². The predicted molar refractivity (Wildman–Crippen MR) is 97.9 cm³/mol. The van der Waals surface area contributed by atoms with Crippen molar-refractivity contribution in [3.63, 3.8) is 0 Å². The summed E-state index contributed by atoms with van der Waals surface area (Å²) in [5, 5.41) is 0.525. The molecule has 1 unspecified atom stereocenters. The molecule has 0 bridgehead atoms. The van der Waals surface area contributed by atoms with Crippen LogP contribution in [0.1, 0.15) is 30.0 Å². The standard InChI is InChI=1S/C18H20ClN3O4/c1-26-15-4-2-11(8-13(15)19)3-5-17(24)22-7-6-12(10-22)14-9-16(23)21-18(25)20-14/h2,4,8-9,12H,3,5-7,10H2,1H3,(H2,20,21,23,25). The lowest BCUT2D eigenvalue weighted by atomic mass is 10.1. The van der Waals surface area contributed by atoms with Gasteiger partial charge in [0.05, 0.1) is 12.1 Å². The van der Waals surface area contributed by atoms with Gasteiger partial charge in [-0.05, 0) is 30.5 Å². The second kappa shape index (κ2) is 7.78. The maximum Gasteiger partial charge on any atom is 0.325 e. The molecule has 1 aliphatic rings. The van der Waals surface area contributed by atoms with E-state index < -0.39 is 11.2 Å². The highest BCUT2D eigenvalue weighted by atomic mass is 35.5. The van der Waals surface area contributed by atoms with Gasteiger partial charge in [0, 0.05) is 37.2 Å². The van der Waals surface area contributed by atoms with Crippen LogP contribution in [0.5, 0.6) is 5.75 Å². The third kappa shape index (κ3) is 4.16. The van der Waals surface area contributed by atoms with E-state index in [2.05, 4.69) is 9.97 Å². The summed E-state index contributed by atoms with van der Waals surface area (Å²) in [5.74, 6) is 0.631.